The Hall–Kier alpha value is -2.63. The molecular weight excluding hydrogens is 330 g/mol. The first kappa shape index (κ1) is 18.2. The third-order valence-electron chi connectivity index (χ3n) is 5.07. The van der Waals surface area contributed by atoms with Crippen LogP contribution in [0.25, 0.3) is 0 Å². The fraction of sp³-hybridized carbons (Fsp3) is 0.450. The van der Waals surface area contributed by atoms with Crippen LogP contribution in [-0.4, -0.2) is 41.0 Å². The van der Waals surface area contributed by atoms with Crippen molar-refractivity contribution in [3.05, 3.63) is 47.7 Å². The normalized spacial score (nSPS) is 16.3. The van der Waals surface area contributed by atoms with Gasteiger partial charge in [-0.1, -0.05) is 6.92 Å². The summed E-state index contributed by atoms with van der Waals surface area (Å²) in [6.45, 7) is 6.78. The van der Waals surface area contributed by atoms with Crippen LogP contribution in [0.5, 0.6) is 5.75 Å². The van der Waals surface area contributed by atoms with Crippen molar-refractivity contribution in [2.45, 2.75) is 26.7 Å². The number of ether oxygens (including phenoxy) is 1. The van der Waals surface area contributed by atoms with E-state index in [0.717, 1.165) is 37.4 Å². The first-order valence-electron chi connectivity index (χ1n) is 9.04. The van der Waals surface area contributed by atoms with Crippen molar-refractivity contribution in [1.29, 1.82) is 0 Å². The highest BCUT2D eigenvalue weighted by molar-refractivity contribution is 5.87. The number of carbonyl (C=O) groups is 1. The number of carboxylic acids is 1. The lowest BCUT2D eigenvalue weighted by atomic mass is 9.86. The second kappa shape index (κ2) is 8.17. The van der Waals surface area contributed by atoms with Crippen molar-refractivity contribution >= 4 is 11.8 Å². The van der Waals surface area contributed by atoms with Gasteiger partial charge in [-0.15, -0.1) is 5.10 Å². The zero-order valence-corrected chi connectivity index (χ0v) is 15.3. The van der Waals surface area contributed by atoms with Gasteiger partial charge in [-0.3, -0.25) is 0 Å². The Balaban J connectivity index is 1.46. The molecule has 6 heteroatoms. The van der Waals surface area contributed by atoms with Crippen LogP contribution in [0.15, 0.2) is 36.4 Å². The van der Waals surface area contributed by atoms with E-state index in [0.29, 0.717) is 24.2 Å². The molecule has 0 aliphatic carbocycles. The number of aryl methyl sites for hydroxylation is 1. The third kappa shape index (κ3) is 4.50. The largest absolute Gasteiger partial charge is 0.493 e. The number of hydrogen-bond donors (Lipinski definition) is 1. The molecule has 0 amide bonds. The molecule has 3 rings (SSSR count). The van der Waals surface area contributed by atoms with Crippen LogP contribution in [-0.2, 0) is 0 Å². The minimum absolute atomic E-state index is 0.275. The summed E-state index contributed by atoms with van der Waals surface area (Å²) < 4.78 is 5.85. The van der Waals surface area contributed by atoms with Gasteiger partial charge in [0.1, 0.15) is 5.75 Å². The van der Waals surface area contributed by atoms with E-state index < -0.39 is 5.97 Å². The maximum atomic E-state index is 10.9. The van der Waals surface area contributed by atoms with E-state index in [4.69, 9.17) is 9.84 Å². The maximum Gasteiger partial charge on any atom is 0.335 e. The van der Waals surface area contributed by atoms with Gasteiger partial charge in [-0.25, -0.2) is 4.79 Å². The van der Waals surface area contributed by atoms with E-state index in [-0.39, 0.29) is 5.56 Å². The highest BCUT2D eigenvalue weighted by Gasteiger charge is 2.25. The van der Waals surface area contributed by atoms with Crippen molar-refractivity contribution in [1.82, 2.24) is 10.2 Å². The second-order valence-corrected chi connectivity index (χ2v) is 6.98. The summed E-state index contributed by atoms with van der Waals surface area (Å²) in [5.74, 6) is 1.81. The molecule has 1 atom stereocenters. The Morgan fingerprint density at radius 2 is 1.88 bits per heavy atom. The zero-order chi connectivity index (χ0) is 18.5. The molecule has 1 unspecified atom stereocenters. The number of hydrogen-bond acceptors (Lipinski definition) is 5. The number of piperidine rings is 1. The van der Waals surface area contributed by atoms with E-state index in [1.807, 2.05) is 19.1 Å². The summed E-state index contributed by atoms with van der Waals surface area (Å²) in [4.78, 5) is 13.2. The first-order chi connectivity index (χ1) is 12.5. The molecule has 1 aliphatic rings. The van der Waals surface area contributed by atoms with Gasteiger partial charge in [0, 0.05) is 13.1 Å². The van der Waals surface area contributed by atoms with Crippen LogP contribution in [0, 0.1) is 18.8 Å². The number of aromatic nitrogens is 2. The van der Waals surface area contributed by atoms with Crippen molar-refractivity contribution in [3.63, 3.8) is 0 Å². The van der Waals surface area contributed by atoms with Crippen LogP contribution in [0.2, 0.25) is 0 Å². The molecule has 1 saturated heterocycles. The van der Waals surface area contributed by atoms with Crippen LogP contribution < -0.4 is 9.64 Å². The fourth-order valence-electron chi connectivity index (χ4n) is 3.32. The van der Waals surface area contributed by atoms with Gasteiger partial charge in [0.25, 0.3) is 0 Å². The molecule has 2 heterocycles. The Morgan fingerprint density at radius 3 is 2.46 bits per heavy atom. The highest BCUT2D eigenvalue weighted by Crippen LogP contribution is 2.27. The fourth-order valence-corrected chi connectivity index (χ4v) is 3.32. The van der Waals surface area contributed by atoms with Crippen LogP contribution in [0.4, 0.5) is 5.82 Å². The predicted molar refractivity (Wildman–Crippen MR) is 99.8 cm³/mol. The van der Waals surface area contributed by atoms with Gasteiger partial charge < -0.3 is 14.7 Å². The van der Waals surface area contributed by atoms with Crippen molar-refractivity contribution in [2.75, 3.05) is 24.6 Å². The summed E-state index contributed by atoms with van der Waals surface area (Å²) in [6.07, 6.45) is 2.22. The molecule has 1 aromatic carbocycles. The number of nitrogens with zero attached hydrogens (tertiary/aromatic N) is 3. The number of rotatable bonds is 6. The smallest absolute Gasteiger partial charge is 0.335 e. The Bertz CT molecular complexity index is 723. The lowest BCUT2D eigenvalue weighted by molar-refractivity contribution is 0.0697. The SMILES string of the molecule is Cc1ccc(N2CCC(C(C)COc3ccc(C(=O)O)cc3)CC2)nn1. The molecular formula is C20H25N3O3. The minimum Gasteiger partial charge on any atom is -0.493 e. The number of carboxylic acid groups (broad SMARTS) is 1. The number of anilines is 1. The average molecular weight is 355 g/mol. The molecule has 1 aliphatic heterocycles. The average Bonchev–Trinajstić information content (AvgIpc) is 2.67. The van der Waals surface area contributed by atoms with Crippen LogP contribution >= 0.6 is 0 Å². The lowest BCUT2D eigenvalue weighted by Gasteiger charge is -2.35. The van der Waals surface area contributed by atoms with Crippen LogP contribution in [0.1, 0.15) is 35.8 Å². The van der Waals surface area contributed by atoms with Crippen molar-refractivity contribution < 1.29 is 14.6 Å². The Labute approximate surface area is 153 Å². The van der Waals surface area contributed by atoms with Gasteiger partial charge in [0.2, 0.25) is 0 Å². The third-order valence-corrected chi connectivity index (χ3v) is 5.07. The van der Waals surface area contributed by atoms with Gasteiger partial charge in [-0.05, 0) is 68.0 Å². The maximum absolute atomic E-state index is 10.9. The number of aromatic carboxylic acids is 1. The predicted octanol–water partition coefficient (Wildman–Crippen LogP) is 3.41. The minimum atomic E-state index is -0.921. The first-order valence-corrected chi connectivity index (χ1v) is 9.04. The summed E-state index contributed by atoms with van der Waals surface area (Å²) >= 11 is 0. The van der Waals surface area contributed by atoms with E-state index in [9.17, 15) is 4.79 Å². The molecule has 0 saturated carbocycles. The van der Waals surface area contributed by atoms with E-state index in [2.05, 4.69) is 22.0 Å². The monoisotopic (exact) mass is 355 g/mol. The molecule has 6 nitrogen and oxygen atoms in total. The van der Waals surface area contributed by atoms with Gasteiger partial charge in [-0.2, -0.15) is 5.10 Å². The van der Waals surface area contributed by atoms with Crippen molar-refractivity contribution in [3.8, 4) is 5.75 Å². The van der Waals surface area contributed by atoms with E-state index in [1.54, 1.807) is 24.3 Å². The standard InChI is InChI=1S/C20H25N3O3/c1-14(13-26-18-6-4-17(5-7-18)20(24)25)16-9-11-23(12-10-16)19-8-3-15(2)21-22-19/h3-8,14,16H,9-13H2,1-2H3,(H,24,25). The summed E-state index contributed by atoms with van der Waals surface area (Å²) in [6, 6.07) is 10.6. The van der Waals surface area contributed by atoms with E-state index in [1.165, 1.54) is 0 Å². The molecule has 2 aromatic rings. The molecule has 0 bridgehead atoms. The second-order valence-electron chi connectivity index (χ2n) is 6.98. The van der Waals surface area contributed by atoms with Gasteiger partial charge in [0.05, 0.1) is 17.9 Å². The molecule has 138 valence electrons. The van der Waals surface area contributed by atoms with Gasteiger partial charge in [0.15, 0.2) is 5.82 Å². The van der Waals surface area contributed by atoms with Crippen LogP contribution in [0.3, 0.4) is 0 Å². The molecule has 26 heavy (non-hydrogen) atoms. The molecule has 1 fully saturated rings. The molecule has 1 aromatic heterocycles. The molecule has 0 spiro atoms. The van der Waals surface area contributed by atoms with Crippen molar-refractivity contribution in [2.24, 2.45) is 11.8 Å². The Kier molecular flexibility index (Phi) is 5.71. The highest BCUT2D eigenvalue weighted by atomic mass is 16.5. The quantitative estimate of drug-likeness (QED) is 0.856. The molecule has 0 radical (unpaired) electrons. The topological polar surface area (TPSA) is 75.5 Å². The summed E-state index contributed by atoms with van der Waals surface area (Å²) in [5.41, 5.74) is 1.21. The number of benzene rings is 1. The lowest BCUT2D eigenvalue weighted by Crippen LogP contribution is -2.37. The Morgan fingerprint density at radius 1 is 1.19 bits per heavy atom. The van der Waals surface area contributed by atoms with Gasteiger partial charge >= 0.3 is 5.97 Å². The van der Waals surface area contributed by atoms with E-state index >= 15 is 0 Å². The summed E-state index contributed by atoms with van der Waals surface area (Å²) in [5, 5.41) is 17.3. The zero-order valence-electron chi connectivity index (χ0n) is 15.3. The summed E-state index contributed by atoms with van der Waals surface area (Å²) in [7, 11) is 0. The molecule has 1 N–H and O–H groups in total.